The predicted octanol–water partition coefficient (Wildman–Crippen LogP) is 5.55. The number of morpholine rings is 1. The summed E-state index contributed by atoms with van der Waals surface area (Å²) < 4.78 is 5.47. The molecule has 180 valence electrons. The molecule has 0 unspecified atom stereocenters. The number of hydrogen-bond acceptors (Lipinski definition) is 4. The van der Waals surface area contributed by atoms with Crippen LogP contribution in [-0.4, -0.2) is 42.3 Å². The van der Waals surface area contributed by atoms with Gasteiger partial charge in [-0.25, -0.2) is 0 Å². The third kappa shape index (κ3) is 5.01. The minimum Gasteiger partial charge on any atom is -0.378 e. The molecule has 0 atom stereocenters. The average molecular weight is 468 g/mol. The molecule has 1 aromatic heterocycles. The zero-order valence-electron chi connectivity index (χ0n) is 20.6. The molecule has 1 fully saturated rings. The quantitative estimate of drug-likeness (QED) is 0.369. The number of aryl methyl sites for hydroxylation is 2. The van der Waals surface area contributed by atoms with Gasteiger partial charge in [0.1, 0.15) is 5.78 Å². The standard InChI is InChI=1S/C30H33N3O2/c1-3-22-6-5-7-23(4-2)27(22)20-26(34)18-21-8-13-29-28(19-21)30(32-31-29)24-9-11-25(12-10-24)33-14-16-35-17-15-33/h5-13,19H,3-4,14-18,20H2,1-2H3,(H,31,32). The molecule has 1 aliphatic rings. The van der Waals surface area contributed by atoms with E-state index in [0.717, 1.165) is 66.9 Å². The number of nitrogens with zero attached hydrogens (tertiary/aromatic N) is 2. The van der Waals surface area contributed by atoms with Crippen molar-refractivity contribution in [2.45, 2.75) is 39.5 Å². The molecule has 5 heteroatoms. The Bertz CT molecular complexity index is 1300. The normalized spacial score (nSPS) is 13.9. The van der Waals surface area contributed by atoms with Crippen molar-refractivity contribution < 1.29 is 9.53 Å². The predicted molar refractivity (Wildman–Crippen MR) is 142 cm³/mol. The number of rotatable bonds is 8. The lowest BCUT2D eigenvalue weighted by atomic mass is 9.92. The van der Waals surface area contributed by atoms with Crippen molar-refractivity contribution in [3.05, 3.63) is 82.9 Å². The van der Waals surface area contributed by atoms with Gasteiger partial charge in [-0.3, -0.25) is 9.89 Å². The first kappa shape index (κ1) is 23.3. The van der Waals surface area contributed by atoms with Gasteiger partial charge in [0.2, 0.25) is 0 Å². The molecule has 3 aromatic carbocycles. The number of aromatic nitrogens is 2. The van der Waals surface area contributed by atoms with Crippen molar-refractivity contribution in [3.8, 4) is 11.3 Å². The maximum atomic E-state index is 13.1. The molecule has 1 aliphatic heterocycles. The minimum atomic E-state index is 0.250. The molecule has 4 aromatic rings. The summed E-state index contributed by atoms with van der Waals surface area (Å²) in [6.45, 7) is 7.71. The van der Waals surface area contributed by atoms with Gasteiger partial charge >= 0.3 is 0 Å². The van der Waals surface area contributed by atoms with Crippen LogP contribution in [0.4, 0.5) is 5.69 Å². The zero-order valence-corrected chi connectivity index (χ0v) is 20.6. The van der Waals surface area contributed by atoms with Crippen LogP contribution in [0.25, 0.3) is 22.2 Å². The summed E-state index contributed by atoms with van der Waals surface area (Å²) in [5.41, 5.74) is 9.00. The minimum absolute atomic E-state index is 0.250. The maximum absolute atomic E-state index is 13.1. The summed E-state index contributed by atoms with van der Waals surface area (Å²) in [5, 5.41) is 8.80. The van der Waals surface area contributed by atoms with Crippen molar-refractivity contribution in [1.29, 1.82) is 0 Å². The third-order valence-corrected chi connectivity index (χ3v) is 7.05. The Morgan fingerprint density at radius 3 is 2.34 bits per heavy atom. The fourth-order valence-corrected chi connectivity index (χ4v) is 5.11. The lowest BCUT2D eigenvalue weighted by molar-refractivity contribution is -0.117. The Labute approximate surface area is 207 Å². The zero-order chi connectivity index (χ0) is 24.2. The first-order valence-electron chi connectivity index (χ1n) is 12.7. The van der Waals surface area contributed by atoms with Crippen LogP contribution in [-0.2, 0) is 35.2 Å². The van der Waals surface area contributed by atoms with E-state index in [9.17, 15) is 4.79 Å². The van der Waals surface area contributed by atoms with E-state index >= 15 is 0 Å². The first-order valence-corrected chi connectivity index (χ1v) is 12.7. The molecule has 1 N–H and O–H groups in total. The summed E-state index contributed by atoms with van der Waals surface area (Å²) in [6, 6.07) is 21.2. The van der Waals surface area contributed by atoms with Gasteiger partial charge in [0, 0.05) is 42.6 Å². The van der Waals surface area contributed by atoms with Crippen molar-refractivity contribution in [2.75, 3.05) is 31.2 Å². The molecule has 5 rings (SSSR count). The van der Waals surface area contributed by atoms with Gasteiger partial charge in [-0.05, 0) is 59.4 Å². The Balaban J connectivity index is 1.36. The third-order valence-electron chi connectivity index (χ3n) is 7.05. The number of hydrogen-bond donors (Lipinski definition) is 1. The highest BCUT2D eigenvalue weighted by molar-refractivity contribution is 5.94. The molecule has 1 saturated heterocycles. The molecule has 0 saturated carbocycles. The lowest BCUT2D eigenvalue weighted by Gasteiger charge is -2.28. The number of aromatic amines is 1. The summed E-state index contributed by atoms with van der Waals surface area (Å²) in [7, 11) is 0. The van der Waals surface area contributed by atoms with Crippen LogP contribution in [0.3, 0.4) is 0 Å². The van der Waals surface area contributed by atoms with Crippen molar-refractivity contribution in [1.82, 2.24) is 10.2 Å². The second kappa shape index (κ2) is 10.4. The van der Waals surface area contributed by atoms with E-state index in [1.54, 1.807) is 0 Å². The molecule has 5 nitrogen and oxygen atoms in total. The van der Waals surface area contributed by atoms with Gasteiger partial charge in [-0.2, -0.15) is 5.10 Å². The van der Waals surface area contributed by atoms with Gasteiger partial charge < -0.3 is 9.64 Å². The van der Waals surface area contributed by atoms with E-state index in [1.165, 1.54) is 22.4 Å². The first-order chi connectivity index (χ1) is 17.2. The highest BCUT2D eigenvalue weighted by Crippen LogP contribution is 2.29. The van der Waals surface area contributed by atoms with E-state index in [4.69, 9.17) is 4.74 Å². The number of anilines is 1. The van der Waals surface area contributed by atoms with Crippen LogP contribution in [0.15, 0.2) is 60.7 Å². The molecule has 2 heterocycles. The van der Waals surface area contributed by atoms with Gasteiger partial charge in [0.15, 0.2) is 0 Å². The summed E-state index contributed by atoms with van der Waals surface area (Å²) >= 11 is 0. The number of carbonyl (C=O) groups is 1. The Morgan fingerprint density at radius 1 is 0.943 bits per heavy atom. The fourth-order valence-electron chi connectivity index (χ4n) is 5.11. The molecule has 0 amide bonds. The monoisotopic (exact) mass is 467 g/mol. The van der Waals surface area contributed by atoms with Gasteiger partial charge in [0.25, 0.3) is 0 Å². The van der Waals surface area contributed by atoms with E-state index in [2.05, 4.69) is 77.5 Å². The topological polar surface area (TPSA) is 58.2 Å². The smallest absolute Gasteiger partial charge is 0.141 e. The van der Waals surface area contributed by atoms with E-state index in [1.807, 2.05) is 12.1 Å². The number of H-pyrrole nitrogens is 1. The Morgan fingerprint density at radius 2 is 1.66 bits per heavy atom. The van der Waals surface area contributed by atoms with Crippen LogP contribution in [0.5, 0.6) is 0 Å². The number of carbonyl (C=O) groups excluding carboxylic acids is 1. The molecule has 0 aliphatic carbocycles. The number of Topliss-reactive ketones (excluding diaryl/α,β-unsaturated/α-hetero) is 1. The molecule has 0 spiro atoms. The molecule has 0 radical (unpaired) electrons. The van der Waals surface area contributed by atoms with Crippen LogP contribution < -0.4 is 4.90 Å². The number of fused-ring (bicyclic) bond motifs is 1. The summed E-state index contributed by atoms with van der Waals surface area (Å²) in [4.78, 5) is 15.4. The van der Waals surface area contributed by atoms with Crippen LogP contribution in [0.2, 0.25) is 0 Å². The van der Waals surface area contributed by atoms with Crippen molar-refractivity contribution in [2.24, 2.45) is 0 Å². The fraction of sp³-hybridized carbons (Fsp3) is 0.333. The molecule has 35 heavy (non-hydrogen) atoms. The van der Waals surface area contributed by atoms with E-state index in [0.29, 0.717) is 12.8 Å². The lowest BCUT2D eigenvalue weighted by Crippen LogP contribution is -2.36. The maximum Gasteiger partial charge on any atom is 0.141 e. The van der Waals surface area contributed by atoms with Crippen LogP contribution >= 0.6 is 0 Å². The molecular weight excluding hydrogens is 434 g/mol. The summed E-state index contributed by atoms with van der Waals surface area (Å²) in [5.74, 6) is 0.250. The van der Waals surface area contributed by atoms with E-state index < -0.39 is 0 Å². The highest BCUT2D eigenvalue weighted by Gasteiger charge is 2.15. The van der Waals surface area contributed by atoms with Gasteiger partial charge in [-0.1, -0.05) is 50.2 Å². The van der Waals surface area contributed by atoms with E-state index in [-0.39, 0.29) is 5.78 Å². The number of benzene rings is 3. The van der Waals surface area contributed by atoms with Crippen LogP contribution in [0.1, 0.15) is 36.1 Å². The number of ketones is 1. The largest absolute Gasteiger partial charge is 0.378 e. The van der Waals surface area contributed by atoms with Gasteiger partial charge in [0.05, 0.1) is 24.4 Å². The SMILES string of the molecule is CCc1cccc(CC)c1CC(=O)Cc1ccc2[nH]nc(-c3ccc(N4CCOCC4)cc3)c2c1. The van der Waals surface area contributed by atoms with Gasteiger partial charge in [-0.15, -0.1) is 0 Å². The number of nitrogens with one attached hydrogen (secondary N) is 1. The van der Waals surface area contributed by atoms with Crippen molar-refractivity contribution in [3.63, 3.8) is 0 Å². The second-order valence-electron chi connectivity index (χ2n) is 9.25. The summed E-state index contributed by atoms with van der Waals surface area (Å²) in [6.07, 6.45) is 2.82. The Kier molecular flexibility index (Phi) is 6.96. The molecule has 0 bridgehead atoms. The second-order valence-corrected chi connectivity index (χ2v) is 9.25. The van der Waals surface area contributed by atoms with Crippen LogP contribution in [0, 0.1) is 0 Å². The van der Waals surface area contributed by atoms with Crippen molar-refractivity contribution >= 4 is 22.4 Å². The highest BCUT2D eigenvalue weighted by atomic mass is 16.5. The molecular formula is C30H33N3O2. The Hall–Kier alpha value is -3.44. The average Bonchev–Trinajstić information content (AvgIpc) is 3.32. The number of ether oxygens (including phenoxy) is 1.